The summed E-state index contributed by atoms with van der Waals surface area (Å²) in [6.07, 6.45) is 6.42. The number of likely N-dealkylation sites (tertiary alicyclic amines) is 1. The normalized spacial score (nSPS) is 20.1. The molecule has 110 valence electrons. The average Bonchev–Trinajstić information content (AvgIpc) is 3.27. The van der Waals surface area contributed by atoms with E-state index in [0.717, 1.165) is 49.3 Å². The van der Waals surface area contributed by atoms with Gasteiger partial charge in [0.15, 0.2) is 0 Å². The van der Waals surface area contributed by atoms with Crippen LogP contribution in [0.5, 0.6) is 0 Å². The lowest BCUT2D eigenvalue weighted by Crippen LogP contribution is -2.38. The van der Waals surface area contributed by atoms with E-state index < -0.39 is 0 Å². The van der Waals surface area contributed by atoms with Crippen molar-refractivity contribution in [3.63, 3.8) is 0 Å². The average molecular weight is 303 g/mol. The Kier molecular flexibility index (Phi) is 3.18. The van der Waals surface area contributed by atoms with E-state index >= 15 is 0 Å². The van der Waals surface area contributed by atoms with Gasteiger partial charge < -0.3 is 9.88 Å². The number of halogens is 1. The van der Waals surface area contributed by atoms with Gasteiger partial charge in [-0.05, 0) is 55.4 Å². The Labute approximate surface area is 129 Å². The third kappa shape index (κ3) is 2.44. The second kappa shape index (κ2) is 5.06. The van der Waals surface area contributed by atoms with Crippen LogP contribution >= 0.6 is 11.6 Å². The maximum absolute atomic E-state index is 12.1. The van der Waals surface area contributed by atoms with E-state index in [4.69, 9.17) is 11.6 Å². The largest absolute Gasteiger partial charge is 0.361 e. The molecule has 2 fully saturated rings. The highest BCUT2D eigenvalue weighted by Crippen LogP contribution is 2.36. The van der Waals surface area contributed by atoms with Crippen LogP contribution in [0.25, 0.3) is 10.9 Å². The van der Waals surface area contributed by atoms with Crippen molar-refractivity contribution in [3.05, 3.63) is 35.0 Å². The van der Waals surface area contributed by atoms with E-state index in [9.17, 15) is 4.79 Å². The van der Waals surface area contributed by atoms with Crippen LogP contribution < -0.4 is 0 Å². The molecule has 1 amide bonds. The fourth-order valence-corrected chi connectivity index (χ4v) is 3.62. The minimum Gasteiger partial charge on any atom is -0.361 e. The molecule has 1 aromatic heterocycles. The Hall–Kier alpha value is -1.48. The molecule has 1 aliphatic carbocycles. The van der Waals surface area contributed by atoms with Gasteiger partial charge in [-0.15, -0.1) is 0 Å². The second-order valence-corrected chi connectivity index (χ2v) is 6.74. The van der Waals surface area contributed by atoms with Gasteiger partial charge in [-0.1, -0.05) is 11.6 Å². The molecule has 1 aliphatic heterocycles. The summed E-state index contributed by atoms with van der Waals surface area (Å²) in [5, 5.41) is 2.01. The van der Waals surface area contributed by atoms with E-state index in [1.165, 1.54) is 10.9 Å². The molecule has 0 spiro atoms. The first-order valence-corrected chi connectivity index (χ1v) is 8.15. The number of H-pyrrole nitrogens is 1. The molecular weight excluding hydrogens is 284 g/mol. The van der Waals surface area contributed by atoms with Crippen LogP contribution in [0.2, 0.25) is 5.02 Å². The number of nitrogens with zero attached hydrogens (tertiary/aromatic N) is 1. The standard InChI is InChI=1S/C17H19ClN2O/c18-13-3-4-16-14(9-13)15(10-19-16)11-5-7-20(8-6-11)17(21)12-1-2-12/h3-4,9-12,19H,1-2,5-8H2. The molecule has 4 heteroatoms. The van der Waals surface area contributed by atoms with Crippen LogP contribution in [0.3, 0.4) is 0 Å². The van der Waals surface area contributed by atoms with Crippen molar-refractivity contribution in [3.8, 4) is 0 Å². The van der Waals surface area contributed by atoms with E-state index in [-0.39, 0.29) is 0 Å². The maximum atomic E-state index is 12.1. The number of nitrogens with one attached hydrogen (secondary N) is 1. The summed E-state index contributed by atoms with van der Waals surface area (Å²) in [5.74, 6) is 1.25. The Morgan fingerprint density at radius 1 is 1.19 bits per heavy atom. The smallest absolute Gasteiger partial charge is 0.225 e. The molecule has 1 saturated heterocycles. The van der Waals surface area contributed by atoms with Gasteiger partial charge in [0, 0.05) is 41.1 Å². The van der Waals surface area contributed by atoms with Crippen molar-refractivity contribution < 1.29 is 4.79 Å². The third-order valence-electron chi connectivity index (χ3n) is 4.85. The van der Waals surface area contributed by atoms with E-state index in [2.05, 4.69) is 16.1 Å². The quantitative estimate of drug-likeness (QED) is 0.896. The molecule has 1 aromatic carbocycles. The Bertz CT molecular complexity index is 681. The van der Waals surface area contributed by atoms with Gasteiger partial charge in [0.25, 0.3) is 0 Å². The van der Waals surface area contributed by atoms with Crippen molar-refractivity contribution in [1.29, 1.82) is 0 Å². The van der Waals surface area contributed by atoms with Crippen molar-refractivity contribution in [2.75, 3.05) is 13.1 Å². The number of piperidine rings is 1. The SMILES string of the molecule is O=C(C1CC1)N1CCC(c2c[nH]c3ccc(Cl)cc23)CC1. The summed E-state index contributed by atoms with van der Waals surface area (Å²) in [5.41, 5.74) is 2.50. The first-order valence-electron chi connectivity index (χ1n) is 7.77. The van der Waals surface area contributed by atoms with Gasteiger partial charge in [0.2, 0.25) is 5.91 Å². The Morgan fingerprint density at radius 2 is 1.95 bits per heavy atom. The molecule has 2 aromatic rings. The topological polar surface area (TPSA) is 36.1 Å². The summed E-state index contributed by atoms with van der Waals surface area (Å²) in [4.78, 5) is 17.5. The third-order valence-corrected chi connectivity index (χ3v) is 5.08. The van der Waals surface area contributed by atoms with Gasteiger partial charge in [-0.3, -0.25) is 4.79 Å². The minimum absolute atomic E-state index is 0.341. The number of aromatic amines is 1. The van der Waals surface area contributed by atoms with Crippen LogP contribution in [0, 0.1) is 5.92 Å². The van der Waals surface area contributed by atoms with Crippen molar-refractivity contribution in [2.45, 2.75) is 31.6 Å². The molecular formula is C17H19ClN2O. The van der Waals surface area contributed by atoms with Crippen molar-refractivity contribution >= 4 is 28.4 Å². The predicted molar refractivity (Wildman–Crippen MR) is 84.6 cm³/mol. The fourth-order valence-electron chi connectivity index (χ4n) is 3.45. The molecule has 2 heterocycles. The number of hydrogen-bond acceptors (Lipinski definition) is 1. The van der Waals surface area contributed by atoms with Gasteiger partial charge >= 0.3 is 0 Å². The lowest BCUT2D eigenvalue weighted by molar-refractivity contribution is -0.133. The van der Waals surface area contributed by atoms with E-state index in [1.54, 1.807) is 0 Å². The van der Waals surface area contributed by atoms with Gasteiger partial charge in [0.05, 0.1) is 0 Å². The molecule has 21 heavy (non-hydrogen) atoms. The van der Waals surface area contributed by atoms with Crippen LogP contribution in [0.15, 0.2) is 24.4 Å². The lowest BCUT2D eigenvalue weighted by Gasteiger charge is -2.32. The summed E-state index contributed by atoms with van der Waals surface area (Å²) in [6, 6.07) is 6.00. The highest BCUT2D eigenvalue weighted by atomic mass is 35.5. The molecule has 1 N–H and O–H groups in total. The number of benzene rings is 1. The Morgan fingerprint density at radius 3 is 2.67 bits per heavy atom. The summed E-state index contributed by atoms with van der Waals surface area (Å²) < 4.78 is 0. The molecule has 4 rings (SSSR count). The molecule has 0 radical (unpaired) electrons. The number of carbonyl (C=O) groups is 1. The van der Waals surface area contributed by atoms with E-state index in [1.807, 2.05) is 18.2 Å². The van der Waals surface area contributed by atoms with Gasteiger partial charge in [-0.25, -0.2) is 0 Å². The minimum atomic E-state index is 0.341. The zero-order chi connectivity index (χ0) is 14.4. The fraction of sp³-hybridized carbons (Fsp3) is 0.471. The number of amides is 1. The molecule has 2 aliphatic rings. The lowest BCUT2D eigenvalue weighted by atomic mass is 9.89. The zero-order valence-electron chi connectivity index (χ0n) is 11.9. The van der Waals surface area contributed by atoms with Crippen LogP contribution in [0.1, 0.15) is 37.2 Å². The highest BCUT2D eigenvalue weighted by molar-refractivity contribution is 6.31. The summed E-state index contributed by atoms with van der Waals surface area (Å²) in [7, 11) is 0. The van der Waals surface area contributed by atoms with Crippen LogP contribution in [-0.4, -0.2) is 28.9 Å². The monoisotopic (exact) mass is 302 g/mol. The van der Waals surface area contributed by atoms with Crippen LogP contribution in [-0.2, 0) is 4.79 Å². The van der Waals surface area contributed by atoms with Gasteiger partial charge in [-0.2, -0.15) is 0 Å². The predicted octanol–water partition coefficient (Wildman–Crippen LogP) is 3.94. The molecule has 1 saturated carbocycles. The van der Waals surface area contributed by atoms with E-state index in [0.29, 0.717) is 17.7 Å². The highest BCUT2D eigenvalue weighted by Gasteiger charge is 2.35. The van der Waals surface area contributed by atoms with Crippen LogP contribution in [0.4, 0.5) is 0 Å². The number of fused-ring (bicyclic) bond motifs is 1. The Balaban J connectivity index is 1.52. The first kappa shape index (κ1) is 13.2. The van der Waals surface area contributed by atoms with Crippen molar-refractivity contribution in [2.24, 2.45) is 5.92 Å². The molecule has 0 unspecified atom stereocenters. The molecule has 3 nitrogen and oxygen atoms in total. The van der Waals surface area contributed by atoms with Gasteiger partial charge in [0.1, 0.15) is 0 Å². The maximum Gasteiger partial charge on any atom is 0.225 e. The first-order chi connectivity index (χ1) is 10.2. The zero-order valence-corrected chi connectivity index (χ0v) is 12.7. The summed E-state index contributed by atoms with van der Waals surface area (Å²) in [6.45, 7) is 1.79. The number of hydrogen-bond donors (Lipinski definition) is 1. The van der Waals surface area contributed by atoms with Crippen molar-refractivity contribution in [1.82, 2.24) is 9.88 Å². The number of aromatic nitrogens is 1. The number of carbonyl (C=O) groups excluding carboxylic acids is 1. The summed E-state index contributed by atoms with van der Waals surface area (Å²) >= 11 is 6.13. The molecule has 0 bridgehead atoms. The second-order valence-electron chi connectivity index (χ2n) is 6.31. The molecule has 0 atom stereocenters. The number of rotatable bonds is 2.